The fraction of sp³-hybridized carbons (Fsp3) is 0.429. The highest BCUT2D eigenvalue weighted by molar-refractivity contribution is 7.80. The van der Waals surface area contributed by atoms with Gasteiger partial charge >= 0.3 is 0 Å². The molecule has 1 rings (SSSR count). The lowest BCUT2D eigenvalue weighted by molar-refractivity contribution is -0.116. The summed E-state index contributed by atoms with van der Waals surface area (Å²) in [4.78, 5) is 12.1. The Morgan fingerprint density at radius 3 is 2.85 bits per heavy atom. The van der Waals surface area contributed by atoms with E-state index < -0.39 is 0 Å². The number of anilines is 1. The van der Waals surface area contributed by atoms with Crippen LogP contribution in [0.3, 0.4) is 0 Å². The number of nitrogens with one attached hydrogen (secondary N) is 1. The third kappa shape index (κ3) is 6.49. The lowest BCUT2D eigenvalue weighted by atomic mass is 10.2. The number of hydrogen-bond acceptors (Lipinski definition) is 4. The summed E-state index contributed by atoms with van der Waals surface area (Å²) in [6.45, 7) is 3.32. The molecule has 0 saturated carbocycles. The van der Waals surface area contributed by atoms with E-state index in [4.69, 9.17) is 27.4 Å². The number of nitrogens with two attached hydrogens (primary N) is 1. The van der Waals surface area contributed by atoms with Gasteiger partial charge in [-0.05, 0) is 25.5 Å². The van der Waals surface area contributed by atoms with Gasteiger partial charge in [0, 0.05) is 19.6 Å². The van der Waals surface area contributed by atoms with Crippen molar-refractivity contribution in [3.63, 3.8) is 0 Å². The normalized spacial score (nSPS) is 10.1. The van der Waals surface area contributed by atoms with E-state index in [1.807, 2.05) is 19.1 Å². The highest BCUT2D eigenvalue weighted by Gasteiger charge is 2.07. The van der Waals surface area contributed by atoms with Crippen LogP contribution in [0.15, 0.2) is 24.3 Å². The summed E-state index contributed by atoms with van der Waals surface area (Å²) in [6.07, 6.45) is 1.10. The predicted molar refractivity (Wildman–Crippen MR) is 83.1 cm³/mol. The number of rotatable bonds is 9. The molecule has 1 amide bonds. The molecule has 20 heavy (non-hydrogen) atoms. The second-order valence-electron chi connectivity index (χ2n) is 4.10. The van der Waals surface area contributed by atoms with E-state index >= 15 is 0 Å². The molecule has 0 atom stereocenters. The highest BCUT2D eigenvalue weighted by atomic mass is 32.1. The van der Waals surface area contributed by atoms with Gasteiger partial charge in [-0.1, -0.05) is 24.4 Å². The van der Waals surface area contributed by atoms with Crippen LogP contribution in [0.1, 0.15) is 19.8 Å². The first-order valence-electron chi connectivity index (χ1n) is 6.51. The molecular weight excluding hydrogens is 276 g/mol. The van der Waals surface area contributed by atoms with Crippen LogP contribution in [0.2, 0.25) is 0 Å². The minimum Gasteiger partial charge on any atom is -0.484 e. The third-order valence-corrected chi connectivity index (χ3v) is 2.55. The SMILES string of the molecule is CCOCCCC(=O)Nc1ccccc1OCC(N)=S. The molecule has 0 heterocycles. The van der Waals surface area contributed by atoms with E-state index in [1.165, 1.54) is 0 Å². The number of ether oxygens (including phenoxy) is 2. The van der Waals surface area contributed by atoms with E-state index in [9.17, 15) is 4.79 Å². The Balaban J connectivity index is 2.49. The van der Waals surface area contributed by atoms with Crippen molar-refractivity contribution >= 4 is 28.8 Å². The maximum atomic E-state index is 11.8. The van der Waals surface area contributed by atoms with Crippen LogP contribution in [0.4, 0.5) is 5.69 Å². The fourth-order valence-electron chi connectivity index (χ4n) is 1.54. The minimum atomic E-state index is -0.0731. The Morgan fingerprint density at radius 2 is 2.15 bits per heavy atom. The van der Waals surface area contributed by atoms with Gasteiger partial charge in [-0.2, -0.15) is 0 Å². The summed E-state index contributed by atoms with van der Waals surface area (Å²) < 4.78 is 10.6. The zero-order valence-electron chi connectivity index (χ0n) is 11.6. The first kappa shape index (κ1) is 16.4. The van der Waals surface area contributed by atoms with Gasteiger partial charge in [-0.15, -0.1) is 0 Å². The number of carbonyl (C=O) groups is 1. The molecular formula is C14H20N2O3S. The molecule has 110 valence electrons. The Bertz CT molecular complexity index is 452. The minimum absolute atomic E-state index is 0.0731. The first-order valence-corrected chi connectivity index (χ1v) is 6.92. The summed E-state index contributed by atoms with van der Waals surface area (Å²) in [5.74, 6) is 0.481. The van der Waals surface area contributed by atoms with Gasteiger partial charge < -0.3 is 20.5 Å². The molecule has 0 aromatic heterocycles. The van der Waals surface area contributed by atoms with E-state index in [2.05, 4.69) is 5.32 Å². The molecule has 3 N–H and O–H groups in total. The maximum absolute atomic E-state index is 11.8. The monoisotopic (exact) mass is 296 g/mol. The summed E-state index contributed by atoms with van der Waals surface area (Å²) in [5.41, 5.74) is 6.01. The highest BCUT2D eigenvalue weighted by Crippen LogP contribution is 2.23. The molecule has 0 saturated heterocycles. The van der Waals surface area contributed by atoms with Gasteiger partial charge in [0.15, 0.2) is 0 Å². The van der Waals surface area contributed by atoms with Gasteiger partial charge in [0.2, 0.25) is 5.91 Å². The second kappa shape index (κ2) is 9.28. The molecule has 0 unspecified atom stereocenters. The van der Waals surface area contributed by atoms with Crippen molar-refractivity contribution in [2.45, 2.75) is 19.8 Å². The van der Waals surface area contributed by atoms with Crippen molar-refractivity contribution < 1.29 is 14.3 Å². The Hall–Kier alpha value is -1.66. The second-order valence-corrected chi connectivity index (χ2v) is 4.62. The zero-order chi connectivity index (χ0) is 14.8. The summed E-state index contributed by atoms with van der Waals surface area (Å²) in [6, 6.07) is 7.17. The van der Waals surface area contributed by atoms with Gasteiger partial charge in [0.25, 0.3) is 0 Å². The first-order chi connectivity index (χ1) is 9.63. The summed E-state index contributed by atoms with van der Waals surface area (Å²) >= 11 is 4.76. The molecule has 0 radical (unpaired) electrons. The molecule has 0 fully saturated rings. The Labute approximate surface area is 124 Å². The Morgan fingerprint density at radius 1 is 1.40 bits per heavy atom. The lowest BCUT2D eigenvalue weighted by Gasteiger charge is -2.12. The fourth-order valence-corrected chi connectivity index (χ4v) is 1.60. The van der Waals surface area contributed by atoms with Gasteiger partial charge in [0.05, 0.1) is 5.69 Å². The smallest absolute Gasteiger partial charge is 0.224 e. The van der Waals surface area contributed by atoms with E-state index in [-0.39, 0.29) is 17.5 Å². The molecule has 0 aliphatic rings. The number of para-hydroxylation sites is 2. The van der Waals surface area contributed by atoms with Crippen molar-refractivity contribution in [2.24, 2.45) is 5.73 Å². The van der Waals surface area contributed by atoms with E-state index in [0.29, 0.717) is 37.5 Å². The lowest BCUT2D eigenvalue weighted by Crippen LogP contribution is -2.19. The number of amides is 1. The van der Waals surface area contributed by atoms with Crippen LogP contribution in [-0.4, -0.2) is 30.7 Å². The van der Waals surface area contributed by atoms with Crippen molar-refractivity contribution in [1.82, 2.24) is 0 Å². The van der Waals surface area contributed by atoms with Gasteiger partial charge in [-0.25, -0.2) is 0 Å². The van der Waals surface area contributed by atoms with Crippen LogP contribution in [0.25, 0.3) is 0 Å². The van der Waals surface area contributed by atoms with Crippen molar-refractivity contribution in [3.8, 4) is 5.75 Å². The van der Waals surface area contributed by atoms with Crippen LogP contribution in [0, 0.1) is 0 Å². The van der Waals surface area contributed by atoms with Crippen molar-refractivity contribution in [2.75, 3.05) is 25.1 Å². The van der Waals surface area contributed by atoms with Crippen molar-refractivity contribution in [1.29, 1.82) is 0 Å². The average molecular weight is 296 g/mol. The molecule has 0 aliphatic carbocycles. The summed E-state index contributed by atoms with van der Waals surface area (Å²) in [5, 5.41) is 2.81. The molecule has 6 heteroatoms. The molecule has 1 aromatic rings. The largest absolute Gasteiger partial charge is 0.484 e. The van der Waals surface area contributed by atoms with Crippen molar-refractivity contribution in [3.05, 3.63) is 24.3 Å². The van der Waals surface area contributed by atoms with Crippen LogP contribution >= 0.6 is 12.2 Å². The standard InChI is InChI=1S/C14H20N2O3S/c1-2-18-9-5-8-14(17)16-11-6-3-4-7-12(11)19-10-13(15)20/h3-4,6-7H,2,5,8-10H2,1H3,(H2,15,20)(H,16,17). The molecule has 0 bridgehead atoms. The third-order valence-electron chi connectivity index (χ3n) is 2.43. The predicted octanol–water partition coefficient (Wildman–Crippen LogP) is 2.11. The Kier molecular flexibility index (Phi) is 7.60. The van der Waals surface area contributed by atoms with Gasteiger partial charge in [-0.3, -0.25) is 4.79 Å². The average Bonchev–Trinajstić information content (AvgIpc) is 2.42. The molecule has 0 spiro atoms. The van der Waals surface area contributed by atoms with Crippen LogP contribution in [-0.2, 0) is 9.53 Å². The number of thiocarbonyl (C=S) groups is 1. The topological polar surface area (TPSA) is 73.6 Å². The molecule has 0 aliphatic heterocycles. The van der Waals surface area contributed by atoms with Gasteiger partial charge in [0.1, 0.15) is 17.3 Å². The zero-order valence-corrected chi connectivity index (χ0v) is 12.4. The number of hydrogen-bond donors (Lipinski definition) is 2. The molecule has 5 nitrogen and oxygen atoms in total. The summed E-state index contributed by atoms with van der Waals surface area (Å²) in [7, 11) is 0. The van der Waals surface area contributed by atoms with E-state index in [1.54, 1.807) is 12.1 Å². The molecule has 1 aromatic carbocycles. The maximum Gasteiger partial charge on any atom is 0.224 e. The number of carbonyl (C=O) groups excluding carboxylic acids is 1. The van der Waals surface area contributed by atoms with Crippen LogP contribution in [0.5, 0.6) is 5.75 Å². The quantitative estimate of drug-likeness (QED) is 0.539. The van der Waals surface area contributed by atoms with Crippen LogP contribution < -0.4 is 15.8 Å². The van der Waals surface area contributed by atoms with E-state index in [0.717, 1.165) is 0 Å². The number of benzene rings is 1.